The molecule has 1 atom stereocenters. The van der Waals surface area contributed by atoms with Crippen molar-refractivity contribution in [1.29, 1.82) is 0 Å². The van der Waals surface area contributed by atoms with Crippen LogP contribution in [0.3, 0.4) is 0 Å². The van der Waals surface area contributed by atoms with Crippen molar-refractivity contribution in [2.24, 2.45) is 0 Å². The number of amides is 1. The Morgan fingerprint density at radius 1 is 1.24 bits per heavy atom. The van der Waals surface area contributed by atoms with Crippen molar-refractivity contribution in [3.8, 4) is 0 Å². The molecule has 6 nitrogen and oxygen atoms in total. The minimum atomic E-state index is -1.01. The fourth-order valence-electron chi connectivity index (χ4n) is 1.71. The summed E-state index contributed by atoms with van der Waals surface area (Å²) in [4.78, 5) is 23.0. The van der Waals surface area contributed by atoms with Crippen LogP contribution in [0.2, 0.25) is 0 Å². The summed E-state index contributed by atoms with van der Waals surface area (Å²) >= 11 is 3.31. The van der Waals surface area contributed by atoms with Gasteiger partial charge in [-0.05, 0) is 30.8 Å². The summed E-state index contributed by atoms with van der Waals surface area (Å²) in [6.07, 6.45) is -0.255. The minimum Gasteiger partial charge on any atom is -0.481 e. The van der Waals surface area contributed by atoms with Crippen LogP contribution in [0.15, 0.2) is 28.7 Å². The van der Waals surface area contributed by atoms with Crippen LogP contribution < -0.4 is 16.0 Å². The lowest BCUT2D eigenvalue weighted by Crippen LogP contribution is -2.44. The Balaban J connectivity index is 2.57. The third-order valence-electron chi connectivity index (χ3n) is 2.75. The molecule has 1 amide bonds. The molecule has 0 radical (unpaired) electrons. The van der Waals surface area contributed by atoms with E-state index in [9.17, 15) is 9.59 Å². The Bertz CT molecular complexity index is 465. The molecular formula is C14H20BrN3O3. The van der Waals surface area contributed by atoms with Gasteiger partial charge in [-0.2, -0.15) is 0 Å². The van der Waals surface area contributed by atoms with Crippen LogP contribution in [-0.2, 0) is 9.59 Å². The highest BCUT2D eigenvalue weighted by molar-refractivity contribution is 9.10. The van der Waals surface area contributed by atoms with Gasteiger partial charge in [0.15, 0.2) is 0 Å². The second kappa shape index (κ2) is 9.49. The van der Waals surface area contributed by atoms with E-state index in [4.69, 9.17) is 5.11 Å². The summed E-state index contributed by atoms with van der Waals surface area (Å²) < 4.78 is 0.909. The molecule has 4 N–H and O–H groups in total. The highest BCUT2D eigenvalue weighted by atomic mass is 79.9. The SMILES string of the molecule is CCNCCN[C@H](CC(=O)O)C(=O)Nc1ccc(Br)cc1. The van der Waals surface area contributed by atoms with Crippen molar-refractivity contribution in [3.05, 3.63) is 28.7 Å². The van der Waals surface area contributed by atoms with Gasteiger partial charge in [0, 0.05) is 23.2 Å². The first-order chi connectivity index (χ1) is 10.0. The number of rotatable bonds is 9. The second-order valence-corrected chi connectivity index (χ2v) is 5.37. The molecule has 21 heavy (non-hydrogen) atoms. The molecule has 0 heterocycles. The van der Waals surface area contributed by atoms with Gasteiger partial charge in [-0.3, -0.25) is 9.59 Å². The second-order valence-electron chi connectivity index (χ2n) is 4.45. The van der Waals surface area contributed by atoms with Crippen LogP contribution in [0.5, 0.6) is 0 Å². The zero-order chi connectivity index (χ0) is 15.7. The lowest BCUT2D eigenvalue weighted by atomic mass is 10.2. The topological polar surface area (TPSA) is 90.5 Å². The average Bonchev–Trinajstić information content (AvgIpc) is 2.44. The number of carboxylic acid groups (broad SMARTS) is 1. The first-order valence-corrected chi connectivity index (χ1v) is 7.54. The highest BCUT2D eigenvalue weighted by Gasteiger charge is 2.21. The van der Waals surface area contributed by atoms with E-state index in [0.29, 0.717) is 18.8 Å². The number of likely N-dealkylation sites (N-methyl/N-ethyl adjacent to an activating group) is 1. The van der Waals surface area contributed by atoms with Gasteiger partial charge in [0.1, 0.15) is 0 Å². The number of aliphatic carboxylic acids is 1. The van der Waals surface area contributed by atoms with Crippen molar-refractivity contribution in [3.63, 3.8) is 0 Å². The van der Waals surface area contributed by atoms with Crippen molar-refractivity contribution in [2.45, 2.75) is 19.4 Å². The number of nitrogens with one attached hydrogen (secondary N) is 3. The number of halogens is 1. The largest absolute Gasteiger partial charge is 0.481 e. The van der Waals surface area contributed by atoms with E-state index in [0.717, 1.165) is 11.0 Å². The van der Waals surface area contributed by atoms with Gasteiger partial charge in [-0.1, -0.05) is 22.9 Å². The van der Waals surface area contributed by atoms with Gasteiger partial charge >= 0.3 is 5.97 Å². The van der Waals surface area contributed by atoms with Crippen LogP contribution >= 0.6 is 15.9 Å². The molecule has 0 aliphatic heterocycles. The molecule has 7 heteroatoms. The predicted molar refractivity (Wildman–Crippen MR) is 85.4 cm³/mol. The zero-order valence-electron chi connectivity index (χ0n) is 11.9. The van der Waals surface area contributed by atoms with Crippen LogP contribution in [-0.4, -0.2) is 42.7 Å². The summed E-state index contributed by atoms with van der Waals surface area (Å²) in [7, 11) is 0. The van der Waals surface area contributed by atoms with E-state index >= 15 is 0 Å². The van der Waals surface area contributed by atoms with Crippen molar-refractivity contribution < 1.29 is 14.7 Å². The summed E-state index contributed by atoms with van der Waals surface area (Å²) in [6, 6.07) is 6.35. The van der Waals surface area contributed by atoms with E-state index in [-0.39, 0.29) is 12.3 Å². The molecule has 0 aromatic heterocycles. The molecule has 0 unspecified atom stereocenters. The smallest absolute Gasteiger partial charge is 0.305 e. The molecule has 116 valence electrons. The first-order valence-electron chi connectivity index (χ1n) is 6.75. The molecule has 0 fully saturated rings. The van der Waals surface area contributed by atoms with Crippen molar-refractivity contribution in [2.75, 3.05) is 25.0 Å². The number of benzene rings is 1. The molecule has 0 spiro atoms. The van der Waals surface area contributed by atoms with E-state index in [1.54, 1.807) is 24.3 Å². The maximum atomic E-state index is 12.1. The Morgan fingerprint density at radius 2 is 1.90 bits per heavy atom. The number of carbonyl (C=O) groups excluding carboxylic acids is 1. The van der Waals surface area contributed by atoms with E-state index < -0.39 is 12.0 Å². The quantitative estimate of drug-likeness (QED) is 0.502. The van der Waals surface area contributed by atoms with Gasteiger partial charge in [0.2, 0.25) is 5.91 Å². The van der Waals surface area contributed by atoms with Crippen LogP contribution in [0.25, 0.3) is 0 Å². The molecule has 1 aromatic carbocycles. The maximum Gasteiger partial charge on any atom is 0.305 e. The molecule has 0 saturated heterocycles. The molecular weight excluding hydrogens is 338 g/mol. The summed E-state index contributed by atoms with van der Waals surface area (Å²) in [6.45, 7) is 4.02. The van der Waals surface area contributed by atoms with Crippen molar-refractivity contribution in [1.82, 2.24) is 10.6 Å². The Morgan fingerprint density at radius 3 is 2.48 bits per heavy atom. The van der Waals surface area contributed by atoms with Crippen LogP contribution in [0.1, 0.15) is 13.3 Å². The van der Waals surface area contributed by atoms with E-state index in [1.165, 1.54) is 0 Å². The monoisotopic (exact) mass is 357 g/mol. The predicted octanol–water partition coefficient (Wildman–Crippen LogP) is 1.43. The Kier molecular flexibility index (Phi) is 7.96. The molecule has 0 aliphatic rings. The molecule has 0 saturated carbocycles. The molecule has 0 bridgehead atoms. The number of carboxylic acids is 1. The van der Waals surface area contributed by atoms with E-state index in [2.05, 4.69) is 31.9 Å². The third-order valence-corrected chi connectivity index (χ3v) is 3.28. The summed E-state index contributed by atoms with van der Waals surface area (Å²) in [5, 5.41) is 17.7. The minimum absolute atomic E-state index is 0.255. The standard InChI is InChI=1S/C14H20BrN3O3/c1-2-16-7-8-17-12(9-13(19)20)14(21)18-11-5-3-10(15)4-6-11/h3-6,12,16-17H,2,7-9H2,1H3,(H,18,21)(H,19,20)/t12-/m1/s1. The number of carbonyl (C=O) groups is 2. The fourth-order valence-corrected chi connectivity index (χ4v) is 1.97. The van der Waals surface area contributed by atoms with Gasteiger partial charge in [-0.25, -0.2) is 0 Å². The lowest BCUT2D eigenvalue weighted by Gasteiger charge is -2.17. The van der Waals surface area contributed by atoms with Gasteiger partial charge in [0.25, 0.3) is 0 Å². The maximum absolute atomic E-state index is 12.1. The number of hydrogen-bond donors (Lipinski definition) is 4. The first kappa shape index (κ1) is 17.6. The third kappa shape index (κ3) is 7.22. The number of anilines is 1. The average molecular weight is 358 g/mol. The highest BCUT2D eigenvalue weighted by Crippen LogP contribution is 2.14. The van der Waals surface area contributed by atoms with Gasteiger partial charge < -0.3 is 21.1 Å². The van der Waals surface area contributed by atoms with Gasteiger partial charge in [0.05, 0.1) is 12.5 Å². The van der Waals surface area contributed by atoms with Crippen LogP contribution in [0.4, 0.5) is 5.69 Å². The normalized spacial score (nSPS) is 11.9. The lowest BCUT2D eigenvalue weighted by molar-refractivity contribution is -0.139. The van der Waals surface area contributed by atoms with Crippen LogP contribution in [0, 0.1) is 0 Å². The van der Waals surface area contributed by atoms with E-state index in [1.807, 2.05) is 6.92 Å². The Hall–Kier alpha value is -1.44. The fraction of sp³-hybridized carbons (Fsp3) is 0.429. The number of hydrogen-bond acceptors (Lipinski definition) is 4. The molecule has 1 aromatic rings. The van der Waals surface area contributed by atoms with Gasteiger partial charge in [-0.15, -0.1) is 0 Å². The Labute approximate surface area is 132 Å². The zero-order valence-corrected chi connectivity index (χ0v) is 13.4. The summed E-state index contributed by atoms with van der Waals surface area (Å²) in [5.41, 5.74) is 0.632. The molecule has 0 aliphatic carbocycles. The summed E-state index contributed by atoms with van der Waals surface area (Å²) in [5.74, 6) is -1.36. The van der Waals surface area contributed by atoms with Crippen molar-refractivity contribution >= 4 is 33.5 Å². The molecule has 1 rings (SSSR count).